The Bertz CT molecular complexity index is 307. The van der Waals surface area contributed by atoms with Crippen LogP contribution in [-0.4, -0.2) is 11.7 Å². The number of alkyl halides is 1. The summed E-state index contributed by atoms with van der Waals surface area (Å²) in [6.45, 7) is 0. The lowest BCUT2D eigenvalue weighted by Gasteiger charge is -2.01. The van der Waals surface area contributed by atoms with E-state index in [-0.39, 0.29) is 5.78 Å². The van der Waals surface area contributed by atoms with Gasteiger partial charge in [-0.15, -0.1) is 24.2 Å². The highest BCUT2D eigenvalue weighted by atomic mass is 79.9. The molecule has 1 rings (SSSR count). The fourth-order valence-corrected chi connectivity index (χ4v) is 2.09. The van der Waals surface area contributed by atoms with Crippen molar-refractivity contribution < 1.29 is 4.79 Å². The van der Waals surface area contributed by atoms with Crippen LogP contribution in [0.5, 0.6) is 0 Å². The predicted molar refractivity (Wildman–Crippen MR) is 61.1 cm³/mol. The Balaban J connectivity index is 2.94. The van der Waals surface area contributed by atoms with E-state index in [9.17, 15) is 4.79 Å². The number of ketones is 1. The van der Waals surface area contributed by atoms with Crippen LogP contribution >= 0.6 is 40.2 Å². The Labute approximate surface area is 96.0 Å². The third-order valence-corrected chi connectivity index (χ3v) is 2.43. The van der Waals surface area contributed by atoms with Crippen LogP contribution in [0.25, 0.3) is 0 Å². The first-order valence-electron chi connectivity index (χ1n) is 3.72. The SMILES string of the molecule is O=C(CCCl)c1cc(S)cc(Br)c1. The van der Waals surface area contributed by atoms with Crippen LogP contribution in [0.4, 0.5) is 0 Å². The van der Waals surface area contributed by atoms with Gasteiger partial charge in [-0.1, -0.05) is 15.9 Å². The molecule has 0 atom stereocenters. The monoisotopic (exact) mass is 278 g/mol. The second-order valence-corrected chi connectivity index (χ2v) is 4.37. The van der Waals surface area contributed by atoms with E-state index in [1.807, 2.05) is 6.07 Å². The zero-order valence-corrected chi connectivity index (χ0v) is 9.99. The number of Topliss-reactive ketones (excluding diaryl/α,β-unsaturated/α-hetero) is 1. The second kappa shape index (κ2) is 5.03. The summed E-state index contributed by atoms with van der Waals surface area (Å²) in [7, 11) is 0. The van der Waals surface area contributed by atoms with Gasteiger partial charge >= 0.3 is 0 Å². The first-order chi connectivity index (χ1) is 6.13. The van der Waals surface area contributed by atoms with Crippen molar-refractivity contribution in [2.75, 3.05) is 5.88 Å². The highest BCUT2D eigenvalue weighted by Gasteiger charge is 2.06. The number of hydrogen-bond acceptors (Lipinski definition) is 2. The number of carbonyl (C=O) groups excluding carboxylic acids is 1. The van der Waals surface area contributed by atoms with E-state index in [2.05, 4.69) is 28.6 Å². The quantitative estimate of drug-likeness (QED) is 0.509. The minimum absolute atomic E-state index is 0.0478. The van der Waals surface area contributed by atoms with E-state index in [0.717, 1.165) is 9.37 Å². The third kappa shape index (κ3) is 3.33. The maximum atomic E-state index is 11.4. The van der Waals surface area contributed by atoms with Gasteiger partial charge in [-0.25, -0.2) is 0 Å². The molecule has 0 aliphatic carbocycles. The molecule has 0 radical (unpaired) electrons. The van der Waals surface area contributed by atoms with E-state index in [1.54, 1.807) is 12.1 Å². The largest absolute Gasteiger partial charge is 0.294 e. The number of hydrogen-bond donors (Lipinski definition) is 1. The second-order valence-electron chi connectivity index (χ2n) is 2.56. The Morgan fingerprint density at radius 2 is 2.15 bits per heavy atom. The lowest BCUT2D eigenvalue weighted by molar-refractivity contribution is 0.0989. The number of carbonyl (C=O) groups is 1. The van der Waals surface area contributed by atoms with Gasteiger partial charge in [-0.2, -0.15) is 0 Å². The highest BCUT2D eigenvalue weighted by Crippen LogP contribution is 2.19. The molecular weight excluding hydrogens is 272 g/mol. The fourth-order valence-electron chi connectivity index (χ4n) is 0.965. The third-order valence-electron chi connectivity index (χ3n) is 1.53. The molecule has 0 N–H and O–H groups in total. The summed E-state index contributed by atoms with van der Waals surface area (Å²) in [6.07, 6.45) is 0.366. The lowest BCUT2D eigenvalue weighted by Crippen LogP contribution is -1.99. The topological polar surface area (TPSA) is 17.1 Å². The van der Waals surface area contributed by atoms with Gasteiger partial charge in [0.05, 0.1) is 0 Å². The van der Waals surface area contributed by atoms with Gasteiger partial charge in [-0.3, -0.25) is 4.79 Å². The van der Waals surface area contributed by atoms with Crippen molar-refractivity contribution in [2.45, 2.75) is 11.3 Å². The van der Waals surface area contributed by atoms with E-state index >= 15 is 0 Å². The Morgan fingerprint density at radius 3 is 2.69 bits per heavy atom. The number of rotatable bonds is 3. The molecule has 0 saturated carbocycles. The van der Waals surface area contributed by atoms with Crippen LogP contribution in [-0.2, 0) is 0 Å². The summed E-state index contributed by atoms with van der Waals surface area (Å²) in [5.41, 5.74) is 0.653. The van der Waals surface area contributed by atoms with E-state index in [1.165, 1.54) is 0 Å². The normalized spacial score (nSPS) is 10.1. The van der Waals surface area contributed by atoms with Crippen molar-refractivity contribution in [1.29, 1.82) is 0 Å². The molecule has 0 aliphatic rings. The van der Waals surface area contributed by atoms with Crippen molar-refractivity contribution >= 4 is 45.9 Å². The molecule has 1 nitrogen and oxygen atoms in total. The van der Waals surface area contributed by atoms with Crippen LogP contribution in [0.1, 0.15) is 16.8 Å². The van der Waals surface area contributed by atoms with Gasteiger partial charge in [0.15, 0.2) is 5.78 Å². The molecule has 0 unspecified atom stereocenters. The fraction of sp³-hybridized carbons (Fsp3) is 0.222. The highest BCUT2D eigenvalue weighted by molar-refractivity contribution is 9.10. The van der Waals surface area contributed by atoms with Gasteiger partial charge in [0.25, 0.3) is 0 Å². The van der Waals surface area contributed by atoms with Gasteiger partial charge in [0.2, 0.25) is 0 Å². The summed E-state index contributed by atoms with van der Waals surface area (Å²) in [5, 5.41) is 0. The maximum Gasteiger partial charge on any atom is 0.164 e. The van der Waals surface area contributed by atoms with Gasteiger partial charge in [0, 0.05) is 27.2 Å². The van der Waals surface area contributed by atoms with Gasteiger partial charge < -0.3 is 0 Å². The molecule has 0 amide bonds. The molecular formula is C9H8BrClOS. The minimum atomic E-state index is 0.0478. The standard InChI is InChI=1S/C9H8BrClOS/c10-7-3-6(4-8(13)5-7)9(12)1-2-11/h3-5,13H,1-2H2. The Morgan fingerprint density at radius 1 is 1.46 bits per heavy atom. The van der Waals surface area contributed by atoms with E-state index in [0.29, 0.717) is 17.9 Å². The summed E-state index contributed by atoms with van der Waals surface area (Å²) < 4.78 is 0.859. The van der Waals surface area contributed by atoms with E-state index < -0.39 is 0 Å². The number of benzene rings is 1. The molecule has 4 heteroatoms. The van der Waals surface area contributed by atoms with Crippen molar-refractivity contribution in [2.24, 2.45) is 0 Å². The lowest BCUT2D eigenvalue weighted by atomic mass is 10.1. The summed E-state index contributed by atoms with van der Waals surface area (Å²) in [5.74, 6) is 0.402. The molecule has 0 saturated heterocycles. The molecule has 70 valence electrons. The molecule has 13 heavy (non-hydrogen) atoms. The Hall–Kier alpha value is 0.01000. The van der Waals surface area contributed by atoms with Crippen molar-refractivity contribution in [3.05, 3.63) is 28.2 Å². The molecule has 0 spiro atoms. The minimum Gasteiger partial charge on any atom is -0.294 e. The van der Waals surface area contributed by atoms with Crippen molar-refractivity contribution in [3.63, 3.8) is 0 Å². The van der Waals surface area contributed by atoms with Gasteiger partial charge in [0.1, 0.15) is 0 Å². The zero-order valence-electron chi connectivity index (χ0n) is 6.76. The molecule has 1 aromatic carbocycles. The first kappa shape index (κ1) is 11.1. The van der Waals surface area contributed by atoms with Crippen molar-refractivity contribution in [1.82, 2.24) is 0 Å². The summed E-state index contributed by atoms with van der Waals surface area (Å²) in [6, 6.07) is 5.35. The maximum absolute atomic E-state index is 11.4. The first-order valence-corrected chi connectivity index (χ1v) is 5.49. The predicted octanol–water partition coefficient (Wildman–Crippen LogP) is 3.55. The summed E-state index contributed by atoms with van der Waals surface area (Å²) >= 11 is 12.9. The molecule has 0 heterocycles. The zero-order chi connectivity index (χ0) is 9.84. The molecule has 0 bridgehead atoms. The average molecular weight is 280 g/mol. The van der Waals surface area contributed by atoms with Crippen LogP contribution in [0.2, 0.25) is 0 Å². The van der Waals surface area contributed by atoms with Crippen molar-refractivity contribution in [3.8, 4) is 0 Å². The molecule has 0 fully saturated rings. The Kier molecular flexibility index (Phi) is 4.29. The smallest absolute Gasteiger partial charge is 0.164 e. The van der Waals surface area contributed by atoms with E-state index in [4.69, 9.17) is 11.6 Å². The molecule has 0 aliphatic heterocycles. The van der Waals surface area contributed by atoms with Crippen LogP contribution in [0, 0.1) is 0 Å². The average Bonchev–Trinajstić information content (AvgIpc) is 2.03. The number of thiol groups is 1. The number of halogens is 2. The van der Waals surface area contributed by atoms with Gasteiger partial charge in [-0.05, 0) is 18.2 Å². The molecule has 1 aromatic rings. The van der Waals surface area contributed by atoms with Crippen LogP contribution < -0.4 is 0 Å². The summed E-state index contributed by atoms with van der Waals surface area (Å²) in [4.78, 5) is 12.2. The van der Waals surface area contributed by atoms with Crippen LogP contribution in [0.15, 0.2) is 27.6 Å². The molecule has 0 aromatic heterocycles. The van der Waals surface area contributed by atoms with Crippen LogP contribution in [0.3, 0.4) is 0 Å².